The maximum absolute atomic E-state index is 12.1. The minimum absolute atomic E-state index is 0.0143. The van der Waals surface area contributed by atoms with Gasteiger partial charge in [0.25, 0.3) is 0 Å². The Morgan fingerprint density at radius 2 is 1.94 bits per heavy atom. The van der Waals surface area contributed by atoms with Gasteiger partial charge >= 0.3 is 6.18 Å². The van der Waals surface area contributed by atoms with Crippen LogP contribution in [0.25, 0.3) is 0 Å². The van der Waals surface area contributed by atoms with Gasteiger partial charge < -0.3 is 0 Å². The van der Waals surface area contributed by atoms with Gasteiger partial charge in [-0.2, -0.15) is 18.3 Å². The normalized spacial score (nSPS) is 11.8. The summed E-state index contributed by atoms with van der Waals surface area (Å²) >= 11 is 0. The van der Waals surface area contributed by atoms with Crippen molar-refractivity contribution in [1.82, 2.24) is 9.78 Å². The van der Waals surface area contributed by atoms with Gasteiger partial charge in [-0.3, -0.25) is 9.48 Å². The van der Waals surface area contributed by atoms with Crippen molar-refractivity contribution in [3.05, 3.63) is 17.0 Å². The number of nitrogens with zero attached hydrogens (tertiary/aromatic N) is 2. The average molecular weight is 262 g/mol. The number of aromatic nitrogens is 2. The van der Waals surface area contributed by atoms with Crippen LogP contribution >= 0.6 is 0 Å². The summed E-state index contributed by atoms with van der Waals surface area (Å²) in [4.78, 5) is 11.0. The van der Waals surface area contributed by atoms with Gasteiger partial charge in [-0.1, -0.05) is 13.8 Å². The van der Waals surface area contributed by atoms with Crippen molar-refractivity contribution in [3.8, 4) is 0 Å². The van der Waals surface area contributed by atoms with Gasteiger partial charge in [0.05, 0.1) is 11.3 Å². The molecule has 0 aliphatic carbocycles. The Hall–Kier alpha value is -1.33. The van der Waals surface area contributed by atoms with Gasteiger partial charge in [-0.25, -0.2) is 0 Å². The molecule has 0 radical (unpaired) electrons. The van der Waals surface area contributed by atoms with Crippen molar-refractivity contribution >= 4 is 6.29 Å². The van der Waals surface area contributed by atoms with E-state index in [0.29, 0.717) is 24.1 Å². The van der Waals surface area contributed by atoms with Crippen molar-refractivity contribution in [2.45, 2.75) is 52.3 Å². The number of aryl methyl sites for hydroxylation is 2. The maximum atomic E-state index is 12.1. The van der Waals surface area contributed by atoms with Gasteiger partial charge in [-0.05, 0) is 19.3 Å². The number of hydrogen-bond donors (Lipinski definition) is 0. The number of halogens is 3. The molecule has 1 heterocycles. The lowest BCUT2D eigenvalue weighted by Crippen LogP contribution is -2.11. The summed E-state index contributed by atoms with van der Waals surface area (Å²) in [7, 11) is 0. The number of hydrogen-bond acceptors (Lipinski definition) is 2. The lowest BCUT2D eigenvalue weighted by Gasteiger charge is -2.08. The largest absolute Gasteiger partial charge is 0.389 e. The molecule has 0 saturated carbocycles. The highest BCUT2D eigenvalue weighted by molar-refractivity contribution is 5.78. The predicted molar refractivity (Wildman–Crippen MR) is 61.7 cm³/mol. The fourth-order valence-corrected chi connectivity index (χ4v) is 1.95. The van der Waals surface area contributed by atoms with Gasteiger partial charge in [0.2, 0.25) is 0 Å². The third-order valence-electron chi connectivity index (χ3n) is 2.79. The highest BCUT2D eigenvalue weighted by Crippen LogP contribution is 2.22. The van der Waals surface area contributed by atoms with E-state index in [0.717, 1.165) is 12.0 Å². The lowest BCUT2D eigenvalue weighted by molar-refractivity contribution is -0.136. The maximum Gasteiger partial charge on any atom is 0.389 e. The van der Waals surface area contributed by atoms with Crippen molar-refractivity contribution in [1.29, 1.82) is 0 Å². The summed E-state index contributed by atoms with van der Waals surface area (Å²) in [5.41, 5.74) is 1.92. The van der Waals surface area contributed by atoms with Crippen LogP contribution in [0, 0.1) is 0 Å². The first kappa shape index (κ1) is 14.7. The minimum atomic E-state index is -4.14. The highest BCUT2D eigenvalue weighted by atomic mass is 19.4. The van der Waals surface area contributed by atoms with Crippen LogP contribution in [0.3, 0.4) is 0 Å². The molecular formula is C12H17F3N2O. The summed E-state index contributed by atoms with van der Waals surface area (Å²) in [6.07, 6.45) is -3.04. The van der Waals surface area contributed by atoms with Gasteiger partial charge in [0.1, 0.15) is 0 Å². The molecule has 3 nitrogen and oxygen atoms in total. The molecule has 1 aromatic heterocycles. The molecule has 0 bridgehead atoms. The van der Waals surface area contributed by atoms with E-state index in [1.165, 1.54) is 4.68 Å². The zero-order chi connectivity index (χ0) is 13.8. The van der Waals surface area contributed by atoms with Crippen molar-refractivity contribution in [2.75, 3.05) is 0 Å². The second-order valence-corrected chi connectivity index (χ2v) is 4.07. The molecule has 102 valence electrons. The summed E-state index contributed by atoms with van der Waals surface area (Å²) in [5.74, 6) is 0. The Bertz CT molecular complexity index is 410. The molecule has 0 saturated heterocycles. The van der Waals surface area contributed by atoms with Crippen LogP contribution in [0.4, 0.5) is 13.2 Å². The third-order valence-corrected chi connectivity index (χ3v) is 2.79. The number of aldehydes is 1. The number of alkyl halides is 3. The molecule has 18 heavy (non-hydrogen) atoms. The van der Waals surface area contributed by atoms with Crippen molar-refractivity contribution in [2.24, 2.45) is 0 Å². The van der Waals surface area contributed by atoms with E-state index in [-0.39, 0.29) is 13.0 Å². The molecule has 1 rings (SSSR count). The number of rotatable bonds is 6. The molecule has 0 fully saturated rings. The molecule has 0 aliphatic heterocycles. The molecule has 0 unspecified atom stereocenters. The van der Waals surface area contributed by atoms with E-state index in [1.54, 1.807) is 0 Å². The summed E-state index contributed by atoms with van der Waals surface area (Å²) in [6.45, 7) is 3.93. The van der Waals surface area contributed by atoms with E-state index in [9.17, 15) is 18.0 Å². The van der Waals surface area contributed by atoms with E-state index in [4.69, 9.17) is 0 Å². The summed E-state index contributed by atoms with van der Waals surface area (Å²) < 4.78 is 37.8. The number of carbonyl (C=O) groups excluding carboxylic acids is 1. The van der Waals surface area contributed by atoms with Crippen LogP contribution in [0.15, 0.2) is 0 Å². The van der Waals surface area contributed by atoms with Crippen LogP contribution in [-0.2, 0) is 19.4 Å². The average Bonchev–Trinajstić information content (AvgIpc) is 2.64. The fourth-order valence-electron chi connectivity index (χ4n) is 1.95. The minimum Gasteiger partial charge on any atom is -0.298 e. The Kier molecular flexibility index (Phi) is 4.93. The molecule has 6 heteroatoms. The van der Waals surface area contributed by atoms with Crippen LogP contribution in [-0.4, -0.2) is 22.2 Å². The second-order valence-electron chi connectivity index (χ2n) is 4.07. The van der Waals surface area contributed by atoms with Gasteiger partial charge in [0, 0.05) is 18.7 Å². The van der Waals surface area contributed by atoms with Gasteiger partial charge in [-0.15, -0.1) is 0 Å². The SMILES string of the molecule is CCc1nn(CCCC(F)(F)F)c(CC)c1C=O. The standard InChI is InChI=1S/C12H17F3N2O/c1-3-10-9(8-18)11(4-2)17(16-10)7-5-6-12(13,14)15/h8H,3-7H2,1-2H3. The van der Waals surface area contributed by atoms with Crippen LogP contribution in [0.2, 0.25) is 0 Å². The molecular weight excluding hydrogens is 245 g/mol. The first-order valence-electron chi connectivity index (χ1n) is 6.03. The summed E-state index contributed by atoms with van der Waals surface area (Å²) in [6, 6.07) is 0. The molecule has 0 N–H and O–H groups in total. The monoisotopic (exact) mass is 262 g/mol. The van der Waals surface area contributed by atoms with Crippen LogP contribution < -0.4 is 0 Å². The Balaban J connectivity index is 2.82. The molecule has 1 aromatic rings. The number of carbonyl (C=O) groups is 1. The van der Waals surface area contributed by atoms with Crippen LogP contribution in [0.5, 0.6) is 0 Å². The van der Waals surface area contributed by atoms with E-state index in [2.05, 4.69) is 5.10 Å². The smallest absolute Gasteiger partial charge is 0.298 e. The van der Waals surface area contributed by atoms with E-state index < -0.39 is 12.6 Å². The zero-order valence-corrected chi connectivity index (χ0v) is 10.5. The fraction of sp³-hybridized carbons (Fsp3) is 0.667. The predicted octanol–water partition coefficient (Wildman–Crippen LogP) is 3.16. The zero-order valence-electron chi connectivity index (χ0n) is 10.5. The van der Waals surface area contributed by atoms with Crippen molar-refractivity contribution < 1.29 is 18.0 Å². The quantitative estimate of drug-likeness (QED) is 0.738. The highest BCUT2D eigenvalue weighted by Gasteiger charge is 2.26. The molecule has 0 atom stereocenters. The third kappa shape index (κ3) is 3.58. The van der Waals surface area contributed by atoms with E-state index >= 15 is 0 Å². The molecule has 0 aliphatic rings. The van der Waals surface area contributed by atoms with Crippen molar-refractivity contribution in [3.63, 3.8) is 0 Å². The first-order valence-corrected chi connectivity index (χ1v) is 6.03. The lowest BCUT2D eigenvalue weighted by atomic mass is 10.1. The van der Waals surface area contributed by atoms with Gasteiger partial charge in [0.15, 0.2) is 6.29 Å². The van der Waals surface area contributed by atoms with Crippen LogP contribution in [0.1, 0.15) is 48.4 Å². The Morgan fingerprint density at radius 3 is 2.39 bits per heavy atom. The van der Waals surface area contributed by atoms with E-state index in [1.807, 2.05) is 13.8 Å². The Morgan fingerprint density at radius 1 is 1.28 bits per heavy atom. The molecule has 0 amide bonds. The molecule has 0 aromatic carbocycles. The molecule has 0 spiro atoms. The second kappa shape index (κ2) is 6.02. The summed E-state index contributed by atoms with van der Waals surface area (Å²) in [5, 5.41) is 4.21. The first-order chi connectivity index (χ1) is 8.42. The Labute approximate surface area is 104 Å². The topological polar surface area (TPSA) is 34.9 Å².